The van der Waals surface area contributed by atoms with Gasteiger partial charge in [0.25, 0.3) is 0 Å². The van der Waals surface area contributed by atoms with Crippen LogP contribution in [0.15, 0.2) is 17.5 Å². The molecule has 0 aromatic rings. The SMILES string of the molecule is C=C1NN=C(CC)N1C. The Labute approximate surface area is 55.0 Å². The zero-order chi connectivity index (χ0) is 6.85. The van der Waals surface area contributed by atoms with Crippen molar-refractivity contribution >= 4 is 5.84 Å². The summed E-state index contributed by atoms with van der Waals surface area (Å²) in [5, 5.41) is 4.01. The van der Waals surface area contributed by atoms with Crippen molar-refractivity contribution in [1.29, 1.82) is 0 Å². The molecule has 0 spiro atoms. The van der Waals surface area contributed by atoms with Crippen molar-refractivity contribution in [2.45, 2.75) is 13.3 Å². The van der Waals surface area contributed by atoms with E-state index in [4.69, 9.17) is 0 Å². The standard InChI is InChI=1S/C6H11N3/c1-4-6-8-7-5(2)9(6)3/h7H,2,4H2,1,3H3. The van der Waals surface area contributed by atoms with Crippen molar-refractivity contribution in [3.05, 3.63) is 12.4 Å². The van der Waals surface area contributed by atoms with Gasteiger partial charge in [-0.3, -0.25) is 5.43 Å². The van der Waals surface area contributed by atoms with E-state index in [1.807, 2.05) is 11.9 Å². The van der Waals surface area contributed by atoms with Crippen LogP contribution in [0.25, 0.3) is 0 Å². The third kappa shape index (κ3) is 0.896. The summed E-state index contributed by atoms with van der Waals surface area (Å²) >= 11 is 0. The van der Waals surface area contributed by atoms with E-state index in [1.54, 1.807) is 0 Å². The summed E-state index contributed by atoms with van der Waals surface area (Å²) in [5.41, 5.74) is 2.79. The number of hydrogen-bond acceptors (Lipinski definition) is 3. The first-order valence-electron chi connectivity index (χ1n) is 3.01. The van der Waals surface area contributed by atoms with E-state index >= 15 is 0 Å². The van der Waals surface area contributed by atoms with Crippen LogP contribution in [0.2, 0.25) is 0 Å². The Morgan fingerprint density at radius 2 is 2.44 bits per heavy atom. The van der Waals surface area contributed by atoms with E-state index in [9.17, 15) is 0 Å². The van der Waals surface area contributed by atoms with Gasteiger partial charge in [0, 0.05) is 13.5 Å². The van der Waals surface area contributed by atoms with Gasteiger partial charge in [-0.15, -0.1) is 0 Å². The number of amidine groups is 1. The summed E-state index contributed by atoms with van der Waals surface area (Å²) in [4.78, 5) is 1.94. The largest absolute Gasteiger partial charge is 0.317 e. The van der Waals surface area contributed by atoms with E-state index < -0.39 is 0 Å². The number of hydrazone groups is 1. The molecule has 0 atom stereocenters. The molecule has 3 heteroatoms. The fourth-order valence-corrected chi connectivity index (χ4v) is 0.751. The third-order valence-corrected chi connectivity index (χ3v) is 1.42. The molecule has 0 bridgehead atoms. The maximum atomic E-state index is 4.01. The molecule has 0 aliphatic carbocycles. The molecule has 9 heavy (non-hydrogen) atoms. The van der Waals surface area contributed by atoms with E-state index in [0.29, 0.717) is 0 Å². The zero-order valence-electron chi connectivity index (χ0n) is 5.81. The van der Waals surface area contributed by atoms with Crippen LogP contribution in [0.1, 0.15) is 13.3 Å². The third-order valence-electron chi connectivity index (χ3n) is 1.42. The van der Waals surface area contributed by atoms with Crippen molar-refractivity contribution in [3.63, 3.8) is 0 Å². The predicted octanol–water partition coefficient (Wildman–Crippen LogP) is 0.716. The van der Waals surface area contributed by atoms with Gasteiger partial charge in [-0.05, 0) is 0 Å². The molecule has 3 nitrogen and oxygen atoms in total. The molecule has 0 aromatic heterocycles. The molecular weight excluding hydrogens is 114 g/mol. The van der Waals surface area contributed by atoms with Crippen LogP contribution >= 0.6 is 0 Å². The van der Waals surface area contributed by atoms with Crippen molar-refractivity contribution in [2.75, 3.05) is 7.05 Å². The van der Waals surface area contributed by atoms with Crippen molar-refractivity contribution in [3.8, 4) is 0 Å². The van der Waals surface area contributed by atoms with Gasteiger partial charge in [0.1, 0.15) is 11.7 Å². The molecule has 0 radical (unpaired) electrons. The average Bonchev–Trinajstić information content (AvgIpc) is 2.15. The van der Waals surface area contributed by atoms with Gasteiger partial charge in [0.15, 0.2) is 0 Å². The van der Waals surface area contributed by atoms with Crippen LogP contribution in [-0.4, -0.2) is 17.8 Å². The van der Waals surface area contributed by atoms with E-state index in [2.05, 4.69) is 24.0 Å². The maximum Gasteiger partial charge on any atom is 0.130 e. The Balaban J connectivity index is 2.66. The molecule has 0 fully saturated rings. The molecule has 1 heterocycles. The second kappa shape index (κ2) is 2.09. The van der Waals surface area contributed by atoms with E-state index in [1.165, 1.54) is 0 Å². The Morgan fingerprint density at radius 1 is 1.78 bits per heavy atom. The van der Waals surface area contributed by atoms with Gasteiger partial charge in [0.2, 0.25) is 0 Å². The monoisotopic (exact) mass is 125 g/mol. The molecule has 0 unspecified atom stereocenters. The van der Waals surface area contributed by atoms with Crippen LogP contribution < -0.4 is 5.43 Å². The summed E-state index contributed by atoms with van der Waals surface area (Å²) in [6.45, 7) is 5.80. The van der Waals surface area contributed by atoms with Crippen molar-refractivity contribution < 1.29 is 0 Å². The fraction of sp³-hybridized carbons (Fsp3) is 0.500. The molecule has 50 valence electrons. The Morgan fingerprint density at radius 3 is 2.67 bits per heavy atom. The lowest BCUT2D eigenvalue weighted by molar-refractivity contribution is 0.609. The first-order chi connectivity index (χ1) is 4.25. The number of nitrogens with zero attached hydrogens (tertiary/aromatic N) is 2. The molecule has 0 saturated heterocycles. The highest BCUT2D eigenvalue weighted by molar-refractivity contribution is 5.84. The molecule has 1 aliphatic rings. The topological polar surface area (TPSA) is 27.6 Å². The van der Waals surface area contributed by atoms with Gasteiger partial charge in [0.05, 0.1) is 0 Å². The maximum absolute atomic E-state index is 4.01. The lowest BCUT2D eigenvalue weighted by Gasteiger charge is -2.10. The van der Waals surface area contributed by atoms with E-state index in [-0.39, 0.29) is 0 Å². The highest BCUT2D eigenvalue weighted by atomic mass is 15.5. The molecular formula is C6H11N3. The minimum Gasteiger partial charge on any atom is -0.317 e. The summed E-state index contributed by atoms with van der Waals surface area (Å²) in [7, 11) is 1.95. The molecule has 1 N–H and O–H groups in total. The fourth-order valence-electron chi connectivity index (χ4n) is 0.751. The van der Waals surface area contributed by atoms with E-state index in [0.717, 1.165) is 18.1 Å². The second-order valence-corrected chi connectivity index (χ2v) is 2.00. The number of rotatable bonds is 1. The van der Waals surface area contributed by atoms with Crippen LogP contribution in [0.5, 0.6) is 0 Å². The van der Waals surface area contributed by atoms with Gasteiger partial charge in [-0.1, -0.05) is 13.5 Å². The number of nitrogens with one attached hydrogen (secondary N) is 1. The Bertz CT molecular complexity index is 160. The normalized spacial score (nSPS) is 17.8. The average molecular weight is 125 g/mol. The minimum absolute atomic E-state index is 0.854. The molecule has 0 saturated carbocycles. The Kier molecular flexibility index (Phi) is 1.42. The summed E-state index contributed by atoms with van der Waals surface area (Å²) < 4.78 is 0. The highest BCUT2D eigenvalue weighted by Gasteiger charge is 2.12. The first-order valence-corrected chi connectivity index (χ1v) is 3.01. The summed E-state index contributed by atoms with van der Waals surface area (Å²) in [6, 6.07) is 0. The first kappa shape index (κ1) is 6.13. The quantitative estimate of drug-likeness (QED) is 0.559. The lowest BCUT2D eigenvalue weighted by atomic mass is 10.4. The Hall–Kier alpha value is -0.990. The van der Waals surface area contributed by atoms with Gasteiger partial charge in [-0.2, -0.15) is 5.10 Å². The zero-order valence-corrected chi connectivity index (χ0v) is 5.81. The highest BCUT2D eigenvalue weighted by Crippen LogP contribution is 2.05. The lowest BCUT2D eigenvalue weighted by Crippen LogP contribution is -2.20. The molecule has 1 rings (SSSR count). The van der Waals surface area contributed by atoms with Crippen LogP contribution in [0, 0.1) is 0 Å². The molecule has 1 aliphatic heterocycles. The summed E-state index contributed by atoms with van der Waals surface area (Å²) in [5.74, 6) is 1.90. The molecule has 0 amide bonds. The van der Waals surface area contributed by atoms with Crippen LogP contribution in [0.4, 0.5) is 0 Å². The van der Waals surface area contributed by atoms with Gasteiger partial charge in [-0.25, -0.2) is 0 Å². The van der Waals surface area contributed by atoms with Gasteiger partial charge >= 0.3 is 0 Å². The smallest absolute Gasteiger partial charge is 0.130 e. The van der Waals surface area contributed by atoms with Crippen LogP contribution in [0.3, 0.4) is 0 Å². The van der Waals surface area contributed by atoms with Crippen molar-refractivity contribution in [2.24, 2.45) is 5.10 Å². The van der Waals surface area contributed by atoms with Crippen LogP contribution in [-0.2, 0) is 0 Å². The minimum atomic E-state index is 0.854. The predicted molar refractivity (Wildman–Crippen MR) is 37.8 cm³/mol. The second-order valence-electron chi connectivity index (χ2n) is 2.00. The molecule has 0 aromatic carbocycles. The van der Waals surface area contributed by atoms with Crippen molar-refractivity contribution in [1.82, 2.24) is 10.3 Å². The van der Waals surface area contributed by atoms with Gasteiger partial charge < -0.3 is 4.90 Å². The number of hydrogen-bond donors (Lipinski definition) is 1. The summed E-state index contributed by atoms with van der Waals surface area (Å²) in [6.07, 6.45) is 0.947.